The number of aromatic nitrogens is 2. The number of amides is 1. The number of fused-ring (bicyclic) bond motifs is 1. The quantitative estimate of drug-likeness (QED) is 0.332. The first kappa shape index (κ1) is 19.9. The van der Waals surface area contributed by atoms with Crippen LogP contribution in [-0.2, 0) is 0 Å². The third kappa shape index (κ3) is 4.22. The minimum atomic E-state index is -0.178. The van der Waals surface area contributed by atoms with Gasteiger partial charge in [-0.15, -0.1) is 0 Å². The van der Waals surface area contributed by atoms with Crippen LogP contribution in [0, 0.1) is 6.92 Å². The fourth-order valence-corrected chi connectivity index (χ4v) is 4.18. The molecular weight excluding hydrogens is 418 g/mol. The zero-order chi connectivity index (χ0) is 21.9. The number of anilines is 1. The van der Waals surface area contributed by atoms with Gasteiger partial charge in [0, 0.05) is 23.0 Å². The number of thiazole rings is 1. The average molecular weight is 438 g/mol. The Morgan fingerprint density at radius 3 is 2.47 bits per heavy atom. The minimum Gasteiger partial charge on any atom is -0.457 e. The zero-order valence-electron chi connectivity index (χ0n) is 17.3. The van der Waals surface area contributed by atoms with Crippen LogP contribution in [0.15, 0.2) is 91.1 Å². The van der Waals surface area contributed by atoms with Gasteiger partial charge in [-0.05, 0) is 67.1 Å². The molecule has 0 spiro atoms. The molecule has 1 amide bonds. The van der Waals surface area contributed by atoms with Crippen LogP contribution in [-0.4, -0.2) is 15.9 Å². The molecule has 0 fully saturated rings. The fraction of sp³-hybridized carbons (Fsp3) is 0.0385. The molecule has 0 aliphatic heterocycles. The third-order valence-corrected chi connectivity index (χ3v) is 6.02. The van der Waals surface area contributed by atoms with E-state index in [0.717, 1.165) is 37.9 Å². The van der Waals surface area contributed by atoms with Gasteiger partial charge in [0.15, 0.2) is 0 Å². The standard InChI is InChI=1S/C26H19N3O2S/c1-17-9-10-19(25-29-22-8-5-15-27-26(22)32-25)16-23(17)28-24(30)18-11-13-21(14-12-18)31-20-6-3-2-4-7-20/h2-16H,1H3,(H,28,30). The van der Waals surface area contributed by atoms with E-state index in [0.29, 0.717) is 11.3 Å². The monoisotopic (exact) mass is 437 g/mol. The SMILES string of the molecule is Cc1ccc(-c2nc3cccnc3s2)cc1NC(=O)c1ccc(Oc2ccccc2)cc1. The van der Waals surface area contributed by atoms with Gasteiger partial charge in [-0.3, -0.25) is 4.79 Å². The maximum Gasteiger partial charge on any atom is 0.255 e. The van der Waals surface area contributed by atoms with Crippen LogP contribution >= 0.6 is 11.3 Å². The molecule has 2 heterocycles. The van der Waals surface area contributed by atoms with Crippen molar-refractivity contribution < 1.29 is 9.53 Å². The zero-order valence-corrected chi connectivity index (χ0v) is 18.1. The highest BCUT2D eigenvalue weighted by atomic mass is 32.1. The second-order valence-electron chi connectivity index (χ2n) is 7.27. The van der Waals surface area contributed by atoms with Gasteiger partial charge in [0.1, 0.15) is 26.9 Å². The lowest BCUT2D eigenvalue weighted by atomic mass is 10.1. The summed E-state index contributed by atoms with van der Waals surface area (Å²) in [7, 11) is 0. The summed E-state index contributed by atoms with van der Waals surface area (Å²) in [5, 5.41) is 3.89. The lowest BCUT2D eigenvalue weighted by molar-refractivity contribution is 0.102. The molecule has 0 unspecified atom stereocenters. The van der Waals surface area contributed by atoms with E-state index in [4.69, 9.17) is 4.74 Å². The van der Waals surface area contributed by atoms with E-state index in [-0.39, 0.29) is 5.91 Å². The number of nitrogens with one attached hydrogen (secondary N) is 1. The van der Waals surface area contributed by atoms with Crippen molar-refractivity contribution in [3.63, 3.8) is 0 Å². The highest BCUT2D eigenvalue weighted by Crippen LogP contribution is 2.31. The molecule has 0 aliphatic rings. The van der Waals surface area contributed by atoms with E-state index in [2.05, 4.69) is 15.3 Å². The first-order valence-corrected chi connectivity index (χ1v) is 10.9. The van der Waals surface area contributed by atoms with Crippen LogP contribution in [0.5, 0.6) is 11.5 Å². The topological polar surface area (TPSA) is 64.1 Å². The van der Waals surface area contributed by atoms with E-state index in [1.807, 2.05) is 67.6 Å². The fourth-order valence-electron chi connectivity index (χ4n) is 3.28. The van der Waals surface area contributed by atoms with Crippen molar-refractivity contribution in [2.45, 2.75) is 6.92 Å². The summed E-state index contributed by atoms with van der Waals surface area (Å²) in [6.07, 6.45) is 1.77. The molecule has 5 nitrogen and oxygen atoms in total. The lowest BCUT2D eigenvalue weighted by Crippen LogP contribution is -2.12. The van der Waals surface area contributed by atoms with Gasteiger partial charge in [-0.2, -0.15) is 0 Å². The lowest BCUT2D eigenvalue weighted by Gasteiger charge is -2.11. The Balaban J connectivity index is 1.34. The summed E-state index contributed by atoms with van der Waals surface area (Å²) < 4.78 is 5.80. The number of hydrogen-bond acceptors (Lipinski definition) is 5. The normalized spacial score (nSPS) is 10.8. The van der Waals surface area contributed by atoms with E-state index in [1.54, 1.807) is 30.5 Å². The van der Waals surface area contributed by atoms with E-state index >= 15 is 0 Å². The number of pyridine rings is 1. The van der Waals surface area contributed by atoms with Gasteiger partial charge in [0.25, 0.3) is 5.91 Å². The molecule has 0 bridgehead atoms. The molecule has 5 aromatic rings. The Hall–Kier alpha value is -4.03. The Morgan fingerprint density at radius 2 is 1.69 bits per heavy atom. The summed E-state index contributed by atoms with van der Waals surface area (Å²) in [6, 6.07) is 26.4. The number of ether oxygens (including phenoxy) is 1. The van der Waals surface area contributed by atoms with Crippen molar-refractivity contribution >= 4 is 33.3 Å². The molecular formula is C26H19N3O2S. The molecule has 0 saturated carbocycles. The molecule has 5 rings (SSSR count). The van der Waals surface area contributed by atoms with Crippen molar-refractivity contribution in [3.05, 3.63) is 102 Å². The average Bonchev–Trinajstić information content (AvgIpc) is 3.26. The van der Waals surface area contributed by atoms with E-state index < -0.39 is 0 Å². The van der Waals surface area contributed by atoms with Gasteiger partial charge in [-0.25, -0.2) is 9.97 Å². The van der Waals surface area contributed by atoms with E-state index in [1.165, 1.54) is 11.3 Å². The van der Waals surface area contributed by atoms with Gasteiger partial charge in [-0.1, -0.05) is 41.7 Å². The Bertz CT molecular complexity index is 1360. The third-order valence-electron chi connectivity index (χ3n) is 4.99. The van der Waals surface area contributed by atoms with Crippen LogP contribution in [0.1, 0.15) is 15.9 Å². The second-order valence-corrected chi connectivity index (χ2v) is 8.25. The summed E-state index contributed by atoms with van der Waals surface area (Å²) in [6.45, 7) is 1.97. The molecule has 0 radical (unpaired) electrons. The summed E-state index contributed by atoms with van der Waals surface area (Å²) in [5.74, 6) is 1.25. The Kier molecular flexibility index (Phi) is 5.35. The molecule has 3 aromatic carbocycles. The molecule has 1 N–H and O–H groups in total. The highest BCUT2D eigenvalue weighted by molar-refractivity contribution is 7.21. The number of rotatable bonds is 5. The maximum absolute atomic E-state index is 12.8. The number of carbonyl (C=O) groups excluding carboxylic acids is 1. The van der Waals surface area contributed by atoms with Gasteiger partial charge >= 0.3 is 0 Å². The Morgan fingerprint density at radius 1 is 0.906 bits per heavy atom. The number of benzene rings is 3. The minimum absolute atomic E-state index is 0.178. The smallest absolute Gasteiger partial charge is 0.255 e. The van der Waals surface area contributed by atoms with Gasteiger partial charge in [0.05, 0.1) is 0 Å². The number of carbonyl (C=O) groups is 1. The Labute approximate surface area is 189 Å². The molecule has 2 aromatic heterocycles. The number of nitrogens with zero attached hydrogens (tertiary/aromatic N) is 2. The summed E-state index contributed by atoms with van der Waals surface area (Å²) >= 11 is 1.53. The molecule has 0 atom stereocenters. The largest absolute Gasteiger partial charge is 0.457 e. The molecule has 0 saturated heterocycles. The van der Waals surface area contributed by atoms with Crippen LogP contribution in [0.3, 0.4) is 0 Å². The number of aryl methyl sites for hydroxylation is 1. The van der Waals surface area contributed by atoms with Crippen LogP contribution in [0.2, 0.25) is 0 Å². The summed E-state index contributed by atoms with van der Waals surface area (Å²) in [4.78, 5) is 22.8. The molecule has 156 valence electrons. The highest BCUT2D eigenvalue weighted by Gasteiger charge is 2.12. The van der Waals surface area contributed by atoms with Crippen LogP contribution in [0.25, 0.3) is 20.9 Å². The van der Waals surface area contributed by atoms with Gasteiger partial charge < -0.3 is 10.1 Å². The molecule has 32 heavy (non-hydrogen) atoms. The van der Waals surface area contributed by atoms with Crippen molar-refractivity contribution in [1.82, 2.24) is 9.97 Å². The van der Waals surface area contributed by atoms with Crippen molar-refractivity contribution in [3.8, 4) is 22.1 Å². The predicted octanol–water partition coefficient (Wildman–Crippen LogP) is 6.71. The summed E-state index contributed by atoms with van der Waals surface area (Å²) in [5.41, 5.74) is 4.10. The predicted molar refractivity (Wildman–Crippen MR) is 128 cm³/mol. The molecule has 0 aliphatic carbocycles. The molecule has 6 heteroatoms. The first-order valence-electron chi connectivity index (χ1n) is 10.1. The van der Waals surface area contributed by atoms with Crippen molar-refractivity contribution in [2.75, 3.05) is 5.32 Å². The first-order chi connectivity index (χ1) is 15.7. The van der Waals surface area contributed by atoms with Crippen molar-refractivity contribution in [1.29, 1.82) is 0 Å². The van der Waals surface area contributed by atoms with Crippen molar-refractivity contribution in [2.24, 2.45) is 0 Å². The number of hydrogen-bond donors (Lipinski definition) is 1. The van der Waals surface area contributed by atoms with E-state index in [9.17, 15) is 4.79 Å². The second kappa shape index (κ2) is 8.61. The maximum atomic E-state index is 12.8. The van der Waals surface area contributed by atoms with Crippen LogP contribution < -0.4 is 10.1 Å². The number of para-hydroxylation sites is 1. The van der Waals surface area contributed by atoms with Gasteiger partial charge in [0.2, 0.25) is 0 Å². The van der Waals surface area contributed by atoms with Crippen LogP contribution in [0.4, 0.5) is 5.69 Å².